The number of aromatic nitrogens is 1. The Morgan fingerprint density at radius 3 is 2.81 bits per heavy atom. The molecule has 142 valence electrons. The second-order valence-corrected chi connectivity index (χ2v) is 8.12. The second-order valence-electron chi connectivity index (χ2n) is 7.06. The summed E-state index contributed by atoms with van der Waals surface area (Å²) in [7, 11) is 0. The van der Waals surface area contributed by atoms with Crippen molar-refractivity contribution >= 4 is 23.2 Å². The molecule has 27 heavy (non-hydrogen) atoms. The molecule has 2 aliphatic rings. The average Bonchev–Trinajstić information content (AvgIpc) is 3.14. The zero-order chi connectivity index (χ0) is 18.9. The summed E-state index contributed by atoms with van der Waals surface area (Å²) in [6, 6.07) is 7.53. The van der Waals surface area contributed by atoms with E-state index in [0.717, 1.165) is 35.4 Å². The van der Waals surface area contributed by atoms with Gasteiger partial charge in [-0.1, -0.05) is 6.07 Å². The van der Waals surface area contributed by atoms with Crippen molar-refractivity contribution in [3.8, 4) is 0 Å². The van der Waals surface area contributed by atoms with Crippen LogP contribution in [-0.2, 0) is 28.0 Å². The maximum atomic E-state index is 12.6. The van der Waals surface area contributed by atoms with Crippen molar-refractivity contribution in [3.63, 3.8) is 0 Å². The first-order valence-corrected chi connectivity index (χ1v) is 10.1. The number of thiophene rings is 1. The van der Waals surface area contributed by atoms with Crippen molar-refractivity contribution in [3.05, 3.63) is 51.5 Å². The van der Waals surface area contributed by atoms with E-state index in [-0.39, 0.29) is 5.91 Å². The van der Waals surface area contributed by atoms with Crippen LogP contribution in [0.1, 0.15) is 45.1 Å². The van der Waals surface area contributed by atoms with Gasteiger partial charge in [-0.05, 0) is 49.4 Å². The molecule has 0 aromatic carbocycles. The molecular formula is C20H22N2O4S. The third-order valence-corrected chi connectivity index (χ3v) is 6.78. The zero-order valence-corrected chi connectivity index (χ0v) is 15.8. The monoisotopic (exact) mass is 386 g/mol. The van der Waals surface area contributed by atoms with Gasteiger partial charge in [0.25, 0.3) is 0 Å². The molecule has 1 saturated heterocycles. The minimum Gasteiger partial charge on any atom is -0.477 e. The Kier molecular flexibility index (Phi) is 4.97. The van der Waals surface area contributed by atoms with Crippen LogP contribution in [0.2, 0.25) is 0 Å². The Hall–Kier alpha value is -2.25. The summed E-state index contributed by atoms with van der Waals surface area (Å²) in [5, 5.41) is 9.30. The first-order valence-electron chi connectivity index (χ1n) is 9.25. The van der Waals surface area contributed by atoms with Crippen LogP contribution in [0.3, 0.4) is 0 Å². The standard InChI is InChI=1S/C20H22N2O4S/c23-17(5-4-15-3-1-2-9-21-15)22-10-7-20(8-11-22)18-14(6-12-26-20)13-16(27-18)19(24)25/h1-3,9,13H,4-8,10-12H2,(H,24,25). The maximum absolute atomic E-state index is 12.6. The van der Waals surface area contributed by atoms with Gasteiger partial charge >= 0.3 is 5.97 Å². The van der Waals surface area contributed by atoms with E-state index in [1.54, 1.807) is 12.3 Å². The molecule has 1 amide bonds. The Bertz CT molecular complexity index is 841. The molecule has 1 N–H and O–H groups in total. The van der Waals surface area contributed by atoms with Gasteiger partial charge in [-0.3, -0.25) is 9.78 Å². The number of pyridine rings is 1. The van der Waals surface area contributed by atoms with E-state index in [0.29, 0.717) is 37.4 Å². The molecule has 2 aliphatic heterocycles. The van der Waals surface area contributed by atoms with Gasteiger partial charge in [0.15, 0.2) is 0 Å². The molecule has 4 rings (SSSR count). The lowest BCUT2D eigenvalue weighted by Gasteiger charge is -2.43. The van der Waals surface area contributed by atoms with Crippen LogP contribution in [-0.4, -0.2) is 46.6 Å². The molecule has 4 heterocycles. The molecule has 6 nitrogen and oxygen atoms in total. The number of carboxylic acid groups (broad SMARTS) is 1. The van der Waals surface area contributed by atoms with Crippen molar-refractivity contribution in [1.82, 2.24) is 9.88 Å². The van der Waals surface area contributed by atoms with Crippen LogP contribution in [0.25, 0.3) is 0 Å². The fourth-order valence-electron chi connectivity index (χ4n) is 3.96. The highest BCUT2D eigenvalue weighted by atomic mass is 32.1. The lowest BCUT2D eigenvalue weighted by atomic mass is 9.85. The fourth-order valence-corrected chi connectivity index (χ4v) is 5.20. The highest BCUT2D eigenvalue weighted by Gasteiger charge is 2.43. The van der Waals surface area contributed by atoms with Crippen molar-refractivity contribution in [2.75, 3.05) is 19.7 Å². The second kappa shape index (κ2) is 7.40. The number of rotatable bonds is 4. The van der Waals surface area contributed by atoms with Gasteiger partial charge in [0.1, 0.15) is 10.5 Å². The van der Waals surface area contributed by atoms with Crippen LogP contribution in [0, 0.1) is 0 Å². The lowest BCUT2D eigenvalue weighted by Crippen LogP contribution is -2.47. The zero-order valence-electron chi connectivity index (χ0n) is 15.0. The number of fused-ring (bicyclic) bond motifs is 2. The summed E-state index contributed by atoms with van der Waals surface area (Å²) < 4.78 is 6.15. The van der Waals surface area contributed by atoms with Gasteiger partial charge in [0.05, 0.1) is 6.61 Å². The number of carboxylic acids is 1. The largest absolute Gasteiger partial charge is 0.477 e. The number of nitrogens with zero attached hydrogens (tertiary/aromatic N) is 2. The van der Waals surface area contributed by atoms with Crippen molar-refractivity contribution in [1.29, 1.82) is 0 Å². The first kappa shape index (κ1) is 18.1. The quantitative estimate of drug-likeness (QED) is 0.874. The third kappa shape index (κ3) is 3.61. The Morgan fingerprint density at radius 2 is 2.11 bits per heavy atom. The minimum atomic E-state index is -0.883. The highest BCUT2D eigenvalue weighted by molar-refractivity contribution is 7.14. The molecule has 0 radical (unpaired) electrons. The van der Waals surface area contributed by atoms with Gasteiger partial charge in [0, 0.05) is 36.3 Å². The van der Waals surface area contributed by atoms with E-state index in [1.165, 1.54) is 11.3 Å². The van der Waals surface area contributed by atoms with E-state index >= 15 is 0 Å². The number of ether oxygens (including phenoxy) is 1. The normalized spacial score (nSPS) is 18.3. The molecule has 0 atom stereocenters. The summed E-state index contributed by atoms with van der Waals surface area (Å²) in [5.41, 5.74) is 1.60. The molecular weight excluding hydrogens is 364 g/mol. The SMILES string of the molecule is O=C(O)c1cc2c(s1)C1(CCN(C(=O)CCc3ccccn3)CC1)OCC2. The predicted octanol–water partition coefficient (Wildman–Crippen LogP) is 2.86. The van der Waals surface area contributed by atoms with Crippen LogP contribution < -0.4 is 0 Å². The van der Waals surface area contributed by atoms with Crippen LogP contribution in [0.5, 0.6) is 0 Å². The van der Waals surface area contributed by atoms with Gasteiger partial charge in [-0.25, -0.2) is 4.79 Å². The van der Waals surface area contributed by atoms with E-state index in [2.05, 4.69) is 4.98 Å². The molecule has 0 bridgehead atoms. The smallest absolute Gasteiger partial charge is 0.345 e. The summed E-state index contributed by atoms with van der Waals surface area (Å²) in [6.45, 7) is 1.89. The molecule has 0 saturated carbocycles. The average molecular weight is 386 g/mol. The molecule has 1 fully saturated rings. The number of aromatic carboxylic acids is 1. The minimum absolute atomic E-state index is 0.143. The lowest BCUT2D eigenvalue weighted by molar-refractivity contribution is -0.140. The van der Waals surface area contributed by atoms with Crippen molar-refractivity contribution < 1.29 is 19.4 Å². The molecule has 0 unspecified atom stereocenters. The van der Waals surface area contributed by atoms with Crippen molar-refractivity contribution in [2.45, 2.75) is 37.7 Å². The van der Waals surface area contributed by atoms with E-state index in [4.69, 9.17) is 4.74 Å². The Labute approximate surface area is 161 Å². The Morgan fingerprint density at radius 1 is 1.30 bits per heavy atom. The number of hydrogen-bond donors (Lipinski definition) is 1. The van der Waals surface area contributed by atoms with Gasteiger partial charge in [-0.15, -0.1) is 11.3 Å². The Balaban J connectivity index is 1.40. The van der Waals surface area contributed by atoms with Crippen LogP contribution in [0.4, 0.5) is 0 Å². The molecule has 7 heteroatoms. The van der Waals surface area contributed by atoms with Gasteiger partial charge in [-0.2, -0.15) is 0 Å². The number of amides is 1. The topological polar surface area (TPSA) is 79.7 Å². The van der Waals surface area contributed by atoms with Crippen LogP contribution >= 0.6 is 11.3 Å². The number of likely N-dealkylation sites (tertiary alicyclic amines) is 1. The van der Waals surface area contributed by atoms with E-state index < -0.39 is 11.6 Å². The van der Waals surface area contributed by atoms with E-state index in [9.17, 15) is 14.7 Å². The van der Waals surface area contributed by atoms with Gasteiger partial charge < -0.3 is 14.7 Å². The highest BCUT2D eigenvalue weighted by Crippen LogP contribution is 2.45. The van der Waals surface area contributed by atoms with E-state index in [1.807, 2.05) is 23.1 Å². The molecule has 2 aromatic heterocycles. The number of hydrogen-bond acceptors (Lipinski definition) is 5. The number of aryl methyl sites for hydroxylation is 1. The maximum Gasteiger partial charge on any atom is 0.345 e. The van der Waals surface area contributed by atoms with Crippen LogP contribution in [0.15, 0.2) is 30.5 Å². The van der Waals surface area contributed by atoms with Crippen molar-refractivity contribution in [2.24, 2.45) is 0 Å². The molecule has 0 aliphatic carbocycles. The summed E-state index contributed by atoms with van der Waals surface area (Å²) >= 11 is 1.33. The summed E-state index contributed by atoms with van der Waals surface area (Å²) in [6.07, 6.45) is 5.04. The summed E-state index contributed by atoms with van der Waals surface area (Å²) in [4.78, 5) is 31.5. The van der Waals surface area contributed by atoms with Gasteiger partial charge in [0.2, 0.25) is 5.91 Å². The molecule has 1 spiro atoms. The summed E-state index contributed by atoms with van der Waals surface area (Å²) in [5.74, 6) is -0.740. The third-order valence-electron chi connectivity index (χ3n) is 5.43. The fraction of sp³-hybridized carbons (Fsp3) is 0.450. The predicted molar refractivity (Wildman–Crippen MR) is 101 cm³/mol. The number of piperidine rings is 1. The molecule has 2 aromatic rings. The first-order chi connectivity index (χ1) is 13.1. The number of carbonyl (C=O) groups is 2. The number of carbonyl (C=O) groups excluding carboxylic acids is 1.